The topological polar surface area (TPSA) is 90.7 Å². The molecule has 1 atom stereocenters. The van der Waals surface area contributed by atoms with Crippen molar-refractivity contribution in [2.45, 2.75) is 43.7 Å². The van der Waals surface area contributed by atoms with E-state index in [0.29, 0.717) is 29.8 Å². The number of carbonyl (C=O) groups excluding carboxylic acids is 1. The van der Waals surface area contributed by atoms with Crippen LogP contribution < -0.4 is 10.2 Å². The molecule has 0 N–H and O–H groups in total. The fraction of sp³-hybridized carbons (Fsp3) is 0.333. The first-order chi connectivity index (χ1) is 16.7. The van der Waals surface area contributed by atoms with E-state index in [9.17, 15) is 13.2 Å². The Morgan fingerprint density at radius 3 is 2.69 bits per heavy atom. The molecule has 182 valence electrons. The Labute approximate surface area is 211 Å². The van der Waals surface area contributed by atoms with Crippen LogP contribution >= 0.6 is 11.6 Å². The highest BCUT2D eigenvalue weighted by atomic mass is 35.5. The molecule has 2 radical (unpaired) electrons. The molecule has 11 heteroatoms. The molecule has 2 aromatic carbocycles. The fourth-order valence-electron chi connectivity index (χ4n) is 4.16. The van der Waals surface area contributed by atoms with Crippen molar-refractivity contribution in [2.24, 2.45) is 0 Å². The fourth-order valence-corrected chi connectivity index (χ4v) is 5.84. The molecule has 8 nitrogen and oxygen atoms in total. The van der Waals surface area contributed by atoms with Gasteiger partial charge in [0.2, 0.25) is 10.0 Å². The number of aromatic nitrogens is 2. The van der Waals surface area contributed by atoms with Gasteiger partial charge in [0.05, 0.1) is 28.8 Å². The Bertz CT molecular complexity index is 1330. The highest BCUT2D eigenvalue weighted by molar-refractivity contribution is 7.89. The Hall–Kier alpha value is -2.82. The van der Waals surface area contributed by atoms with Crippen LogP contribution in [0.2, 0.25) is 5.02 Å². The van der Waals surface area contributed by atoms with Crippen LogP contribution in [0.5, 0.6) is 11.5 Å². The molecule has 35 heavy (non-hydrogen) atoms. The summed E-state index contributed by atoms with van der Waals surface area (Å²) in [6.07, 6.45) is 3.75. The third-order valence-electron chi connectivity index (χ3n) is 5.94. The number of sulfonamides is 1. The summed E-state index contributed by atoms with van der Waals surface area (Å²) in [4.78, 5) is 12.0. The lowest BCUT2D eigenvalue weighted by atomic mass is 9.93. The van der Waals surface area contributed by atoms with Gasteiger partial charge in [0.1, 0.15) is 25.9 Å². The molecule has 0 fully saturated rings. The normalized spacial score (nSPS) is 15.6. The summed E-state index contributed by atoms with van der Waals surface area (Å²) in [5.74, 6) is 0.485. The van der Waals surface area contributed by atoms with Crippen LogP contribution in [0.15, 0.2) is 53.6 Å². The predicted molar refractivity (Wildman–Crippen MR) is 133 cm³/mol. The zero-order valence-corrected chi connectivity index (χ0v) is 21.1. The summed E-state index contributed by atoms with van der Waals surface area (Å²) in [6.45, 7) is 2.03. The van der Waals surface area contributed by atoms with Crippen LogP contribution in [0.3, 0.4) is 0 Å². The number of halogens is 1. The van der Waals surface area contributed by atoms with Gasteiger partial charge in [-0.05, 0) is 56.5 Å². The number of nitrogens with zero attached hydrogens (tertiary/aromatic N) is 3. The van der Waals surface area contributed by atoms with Gasteiger partial charge in [-0.2, -0.15) is 9.40 Å². The van der Waals surface area contributed by atoms with Crippen molar-refractivity contribution in [1.82, 2.24) is 14.1 Å². The zero-order valence-electron chi connectivity index (χ0n) is 19.5. The number of hydrogen-bond donors (Lipinski definition) is 0. The average molecular weight is 514 g/mol. The van der Waals surface area contributed by atoms with Gasteiger partial charge in [0, 0.05) is 18.3 Å². The maximum Gasteiger partial charge on any atom is 0.327 e. The van der Waals surface area contributed by atoms with Gasteiger partial charge in [-0.25, -0.2) is 8.42 Å². The Balaban J connectivity index is 1.56. The van der Waals surface area contributed by atoms with Crippen LogP contribution in [0.1, 0.15) is 37.1 Å². The second-order valence-corrected chi connectivity index (χ2v) is 10.6. The number of rotatable bonds is 8. The highest BCUT2D eigenvalue weighted by Gasteiger charge is 2.34. The maximum absolute atomic E-state index is 13.5. The second kappa shape index (κ2) is 10.4. The molecule has 1 heterocycles. The molecular weight excluding hydrogens is 489 g/mol. The van der Waals surface area contributed by atoms with Gasteiger partial charge in [0.25, 0.3) is 0 Å². The van der Waals surface area contributed by atoms with Gasteiger partial charge in [-0.15, -0.1) is 0 Å². The summed E-state index contributed by atoms with van der Waals surface area (Å²) in [5.41, 5.74) is 2.24. The lowest BCUT2D eigenvalue weighted by molar-refractivity contribution is -0.144. The van der Waals surface area contributed by atoms with E-state index in [1.807, 2.05) is 0 Å². The minimum absolute atomic E-state index is 0.00254. The number of carbonyl (C=O) groups is 1. The Kier molecular flexibility index (Phi) is 7.54. The molecule has 0 amide bonds. The van der Waals surface area contributed by atoms with Crippen LogP contribution in [0, 0.1) is 0 Å². The molecule has 3 aromatic rings. The number of fused-ring (bicyclic) bond motifs is 1. The van der Waals surface area contributed by atoms with Crippen LogP contribution in [-0.2, 0) is 32.5 Å². The van der Waals surface area contributed by atoms with Crippen molar-refractivity contribution in [3.8, 4) is 11.5 Å². The number of hydrogen-bond acceptors (Lipinski definition) is 6. The van der Waals surface area contributed by atoms with Crippen LogP contribution in [0.4, 0.5) is 0 Å². The maximum atomic E-state index is 13.5. The van der Waals surface area contributed by atoms with Crippen molar-refractivity contribution in [3.05, 3.63) is 64.9 Å². The number of benzene rings is 2. The molecule has 0 spiro atoms. The molecule has 0 aliphatic heterocycles. The summed E-state index contributed by atoms with van der Waals surface area (Å²) >= 11 is 6.38. The molecule has 4 rings (SSSR count). The minimum atomic E-state index is -3.87. The lowest BCUT2D eigenvalue weighted by Gasteiger charge is -2.31. The van der Waals surface area contributed by atoms with Gasteiger partial charge in [-0.1, -0.05) is 29.2 Å². The Morgan fingerprint density at radius 1 is 1.26 bits per heavy atom. The molecule has 0 bridgehead atoms. The minimum Gasteiger partial charge on any atom is -0.465 e. The molecular formula is C24H25BClN3O5S. The molecule has 0 saturated carbocycles. The quantitative estimate of drug-likeness (QED) is 0.339. The second-order valence-electron chi connectivity index (χ2n) is 8.20. The standard InChI is InChI=1S/C24H25BClN3O5S/c1-3-33-24(30)15-29-22-6-4-5-21(19(22)14-27-29)28(2)35(31,32)18-11-12-23(20(26)13-18)34-17-9-7-16(25)8-10-17/h7-14,21H,3-6,15H2,1-2H3/t21-/m1/s1. The summed E-state index contributed by atoms with van der Waals surface area (Å²) in [6, 6.07) is 10.8. The molecule has 1 aliphatic rings. The van der Waals surface area contributed by atoms with E-state index < -0.39 is 16.1 Å². The van der Waals surface area contributed by atoms with E-state index >= 15 is 0 Å². The van der Waals surface area contributed by atoms with Crippen molar-refractivity contribution in [3.63, 3.8) is 0 Å². The van der Waals surface area contributed by atoms with Crippen LogP contribution in [0.25, 0.3) is 0 Å². The predicted octanol–water partition coefficient (Wildman–Crippen LogP) is 3.38. The molecule has 0 saturated heterocycles. The average Bonchev–Trinajstić information content (AvgIpc) is 3.24. The first kappa shape index (κ1) is 25.3. The third kappa shape index (κ3) is 5.39. The summed E-state index contributed by atoms with van der Waals surface area (Å²) in [7, 11) is 3.37. The van der Waals surface area contributed by atoms with Crippen molar-refractivity contribution in [1.29, 1.82) is 0 Å². The highest BCUT2D eigenvalue weighted by Crippen LogP contribution is 2.38. The largest absolute Gasteiger partial charge is 0.465 e. The first-order valence-corrected chi connectivity index (χ1v) is 13.0. The zero-order chi connectivity index (χ0) is 25.2. The third-order valence-corrected chi connectivity index (χ3v) is 8.10. The SMILES string of the molecule is [B]c1ccc(Oc2ccc(S(=O)(=O)N(C)[C@@H]3CCCc4c3cnn4CC(=O)OCC)cc2Cl)cc1. The molecule has 1 aliphatic carbocycles. The van der Waals surface area contributed by atoms with Crippen molar-refractivity contribution < 1.29 is 22.7 Å². The smallest absolute Gasteiger partial charge is 0.327 e. The van der Waals surface area contributed by atoms with Crippen LogP contribution in [-0.4, -0.2) is 50.0 Å². The Morgan fingerprint density at radius 2 is 2.00 bits per heavy atom. The van der Waals surface area contributed by atoms with E-state index in [0.717, 1.165) is 17.7 Å². The van der Waals surface area contributed by atoms with Gasteiger partial charge in [0.15, 0.2) is 0 Å². The lowest BCUT2D eigenvalue weighted by Crippen LogP contribution is -2.33. The van der Waals surface area contributed by atoms with E-state index in [1.54, 1.807) is 49.1 Å². The van der Waals surface area contributed by atoms with Crippen molar-refractivity contribution >= 4 is 40.9 Å². The number of esters is 1. The van der Waals surface area contributed by atoms with Gasteiger partial charge < -0.3 is 9.47 Å². The summed E-state index contributed by atoms with van der Waals surface area (Å²) in [5, 5.41) is 4.50. The van der Waals surface area contributed by atoms with E-state index in [4.69, 9.17) is 28.9 Å². The van der Waals surface area contributed by atoms with Crippen molar-refractivity contribution in [2.75, 3.05) is 13.7 Å². The van der Waals surface area contributed by atoms with E-state index in [2.05, 4.69) is 5.10 Å². The monoisotopic (exact) mass is 513 g/mol. The number of ether oxygens (including phenoxy) is 2. The van der Waals surface area contributed by atoms with E-state index in [1.165, 1.54) is 22.5 Å². The molecule has 0 unspecified atom stereocenters. The molecule has 1 aromatic heterocycles. The summed E-state index contributed by atoms with van der Waals surface area (Å²) < 4.78 is 40.7. The van der Waals surface area contributed by atoms with E-state index in [-0.39, 0.29) is 29.0 Å². The first-order valence-electron chi connectivity index (χ1n) is 11.2. The van der Waals surface area contributed by atoms with Gasteiger partial charge in [-0.3, -0.25) is 9.48 Å². The van der Waals surface area contributed by atoms with Gasteiger partial charge >= 0.3 is 5.97 Å².